The van der Waals surface area contributed by atoms with E-state index in [-0.39, 0.29) is 6.42 Å². The lowest BCUT2D eigenvalue weighted by molar-refractivity contribution is -0.138. The maximum Gasteiger partial charge on any atom is 0.307 e. The Morgan fingerprint density at radius 1 is 1.20 bits per heavy atom. The Kier molecular flexibility index (Phi) is 2.49. The van der Waals surface area contributed by atoms with E-state index in [1.165, 1.54) is 0 Å². The van der Waals surface area contributed by atoms with E-state index < -0.39 is 12.1 Å². The minimum atomic E-state index is -0.883. The predicted molar refractivity (Wildman–Crippen MR) is 51.1 cm³/mol. The third-order valence-corrected chi connectivity index (χ3v) is 2.02. The maximum absolute atomic E-state index is 10.7. The number of aliphatic carboxylic acids is 1. The second-order valence-electron chi connectivity index (χ2n) is 3.05. The van der Waals surface area contributed by atoms with Crippen LogP contribution in [-0.4, -0.2) is 30.6 Å². The Balaban J connectivity index is 2.29. The minimum absolute atomic E-state index is 0.0522. The summed E-state index contributed by atoms with van der Waals surface area (Å²) in [5, 5.41) is 16.8. The van der Waals surface area contributed by atoms with Gasteiger partial charge in [0, 0.05) is 24.8 Å². The third-order valence-electron chi connectivity index (χ3n) is 2.02. The average molecular weight is 206 g/mol. The van der Waals surface area contributed by atoms with E-state index in [4.69, 9.17) is 5.11 Å². The number of carboxylic acids is 1. The van der Waals surface area contributed by atoms with E-state index in [0.717, 1.165) is 0 Å². The third kappa shape index (κ3) is 2.04. The van der Waals surface area contributed by atoms with Crippen molar-refractivity contribution >= 4 is 5.97 Å². The van der Waals surface area contributed by atoms with Crippen molar-refractivity contribution in [2.45, 2.75) is 12.6 Å². The molecular formula is C9H10N4O2. The molecule has 0 aromatic carbocycles. The molecule has 2 aromatic heterocycles. The Morgan fingerprint density at radius 3 is 2.07 bits per heavy atom. The summed E-state index contributed by atoms with van der Waals surface area (Å²) in [4.78, 5) is 10.7. The van der Waals surface area contributed by atoms with E-state index in [1.54, 1.807) is 46.3 Å². The molecule has 0 fully saturated rings. The number of carboxylic acid groups (broad SMARTS) is 1. The highest BCUT2D eigenvalue weighted by Crippen LogP contribution is 2.11. The molecule has 6 nitrogen and oxygen atoms in total. The molecule has 0 saturated heterocycles. The molecule has 0 saturated carbocycles. The lowest BCUT2D eigenvalue weighted by Gasteiger charge is -2.15. The molecule has 2 aromatic rings. The van der Waals surface area contributed by atoms with Crippen LogP contribution in [0.3, 0.4) is 0 Å². The average Bonchev–Trinajstić information content (AvgIpc) is 2.87. The number of carbonyl (C=O) groups is 1. The highest BCUT2D eigenvalue weighted by atomic mass is 16.4. The summed E-state index contributed by atoms with van der Waals surface area (Å²) in [6, 6.07) is 3.50. The number of nitrogens with zero attached hydrogens (tertiary/aromatic N) is 4. The first-order valence-electron chi connectivity index (χ1n) is 4.47. The van der Waals surface area contributed by atoms with Gasteiger partial charge in [0.2, 0.25) is 0 Å². The maximum atomic E-state index is 10.7. The van der Waals surface area contributed by atoms with Crippen LogP contribution in [0, 0.1) is 0 Å². The molecule has 0 aliphatic heterocycles. The molecule has 78 valence electrons. The molecule has 1 N–H and O–H groups in total. The molecule has 2 heterocycles. The van der Waals surface area contributed by atoms with Crippen molar-refractivity contribution in [3.63, 3.8) is 0 Å². The monoisotopic (exact) mass is 206 g/mol. The second-order valence-corrected chi connectivity index (χ2v) is 3.05. The standard InChI is InChI=1S/C9H10N4O2/c14-9(15)7-8(12-5-1-3-10-12)13-6-2-4-11-13/h1-6,8H,7H2,(H,14,15). The molecule has 0 aliphatic carbocycles. The summed E-state index contributed by atoms with van der Waals surface area (Å²) >= 11 is 0. The van der Waals surface area contributed by atoms with Gasteiger partial charge in [-0.2, -0.15) is 10.2 Å². The van der Waals surface area contributed by atoms with Crippen molar-refractivity contribution in [3.05, 3.63) is 36.9 Å². The van der Waals surface area contributed by atoms with Crippen LogP contribution in [0.15, 0.2) is 36.9 Å². The van der Waals surface area contributed by atoms with E-state index in [1.807, 2.05) is 0 Å². The zero-order valence-electron chi connectivity index (χ0n) is 7.89. The fraction of sp³-hybridized carbons (Fsp3) is 0.222. The fourth-order valence-corrected chi connectivity index (χ4v) is 1.38. The van der Waals surface area contributed by atoms with Gasteiger partial charge in [-0.05, 0) is 12.1 Å². The van der Waals surface area contributed by atoms with Gasteiger partial charge in [-0.15, -0.1) is 0 Å². The number of rotatable bonds is 4. The molecule has 0 unspecified atom stereocenters. The Morgan fingerprint density at radius 2 is 1.73 bits per heavy atom. The molecule has 0 atom stereocenters. The van der Waals surface area contributed by atoms with Crippen molar-refractivity contribution in [3.8, 4) is 0 Å². The first-order valence-corrected chi connectivity index (χ1v) is 4.47. The highest BCUT2D eigenvalue weighted by Gasteiger charge is 2.17. The Labute approximate surface area is 85.8 Å². The van der Waals surface area contributed by atoms with Crippen LogP contribution < -0.4 is 0 Å². The molecule has 15 heavy (non-hydrogen) atoms. The Bertz CT molecular complexity index is 387. The minimum Gasteiger partial charge on any atom is -0.481 e. The molecule has 0 aliphatic rings. The highest BCUT2D eigenvalue weighted by molar-refractivity contribution is 5.67. The Hall–Kier alpha value is -2.11. The quantitative estimate of drug-likeness (QED) is 0.795. The van der Waals surface area contributed by atoms with Crippen LogP contribution in [0.2, 0.25) is 0 Å². The van der Waals surface area contributed by atoms with Crippen LogP contribution >= 0.6 is 0 Å². The van der Waals surface area contributed by atoms with Gasteiger partial charge in [0.25, 0.3) is 0 Å². The van der Waals surface area contributed by atoms with Crippen molar-refractivity contribution < 1.29 is 9.90 Å². The van der Waals surface area contributed by atoms with Crippen molar-refractivity contribution in [1.82, 2.24) is 19.6 Å². The molecule has 0 radical (unpaired) electrons. The normalized spacial score (nSPS) is 10.7. The molecule has 6 heteroatoms. The molecule has 0 bridgehead atoms. The van der Waals surface area contributed by atoms with E-state index in [0.29, 0.717) is 0 Å². The largest absolute Gasteiger partial charge is 0.481 e. The van der Waals surface area contributed by atoms with Crippen molar-refractivity contribution in [2.75, 3.05) is 0 Å². The fourth-order valence-electron chi connectivity index (χ4n) is 1.38. The summed E-state index contributed by atoms with van der Waals surface area (Å²) in [7, 11) is 0. The van der Waals surface area contributed by atoms with Gasteiger partial charge < -0.3 is 5.11 Å². The summed E-state index contributed by atoms with van der Waals surface area (Å²) in [6.45, 7) is 0. The van der Waals surface area contributed by atoms with Gasteiger partial charge in [-0.25, -0.2) is 9.36 Å². The van der Waals surface area contributed by atoms with Crippen LogP contribution in [0.1, 0.15) is 12.6 Å². The zero-order chi connectivity index (χ0) is 10.7. The van der Waals surface area contributed by atoms with Crippen LogP contribution in [0.5, 0.6) is 0 Å². The number of aromatic nitrogens is 4. The summed E-state index contributed by atoms with van der Waals surface area (Å²) < 4.78 is 3.14. The van der Waals surface area contributed by atoms with Gasteiger partial charge in [0.1, 0.15) is 0 Å². The van der Waals surface area contributed by atoms with Crippen LogP contribution in [-0.2, 0) is 4.79 Å². The van der Waals surface area contributed by atoms with Crippen molar-refractivity contribution in [2.24, 2.45) is 0 Å². The first-order chi connectivity index (χ1) is 7.27. The van der Waals surface area contributed by atoms with E-state index in [2.05, 4.69) is 10.2 Å². The first kappa shape index (κ1) is 9.45. The molecule has 0 amide bonds. The van der Waals surface area contributed by atoms with E-state index >= 15 is 0 Å². The second kappa shape index (κ2) is 3.95. The zero-order valence-corrected chi connectivity index (χ0v) is 7.89. The SMILES string of the molecule is O=C(O)CC(n1cccn1)n1cccn1. The van der Waals surface area contributed by atoms with Crippen LogP contribution in [0.25, 0.3) is 0 Å². The lowest BCUT2D eigenvalue weighted by Crippen LogP contribution is -2.22. The predicted octanol–water partition coefficient (Wildman–Crippen LogP) is 0.601. The smallest absolute Gasteiger partial charge is 0.307 e. The molecule has 0 spiro atoms. The molecule has 2 rings (SSSR count). The summed E-state index contributed by atoms with van der Waals surface area (Å²) in [5.74, 6) is -0.883. The van der Waals surface area contributed by atoms with Gasteiger partial charge in [-0.1, -0.05) is 0 Å². The van der Waals surface area contributed by atoms with Crippen molar-refractivity contribution in [1.29, 1.82) is 0 Å². The topological polar surface area (TPSA) is 72.9 Å². The lowest BCUT2D eigenvalue weighted by atomic mass is 10.3. The van der Waals surface area contributed by atoms with Gasteiger partial charge in [-0.3, -0.25) is 4.79 Å². The number of hydrogen-bond acceptors (Lipinski definition) is 3. The van der Waals surface area contributed by atoms with Gasteiger partial charge >= 0.3 is 5.97 Å². The summed E-state index contributed by atoms with van der Waals surface area (Å²) in [6.07, 6.45) is 6.19. The summed E-state index contributed by atoms with van der Waals surface area (Å²) in [5.41, 5.74) is 0. The molecular weight excluding hydrogens is 196 g/mol. The van der Waals surface area contributed by atoms with Gasteiger partial charge in [0.15, 0.2) is 6.17 Å². The number of hydrogen-bond donors (Lipinski definition) is 1. The van der Waals surface area contributed by atoms with E-state index in [9.17, 15) is 4.79 Å². The van der Waals surface area contributed by atoms with Gasteiger partial charge in [0.05, 0.1) is 6.42 Å². The van der Waals surface area contributed by atoms with Crippen LogP contribution in [0.4, 0.5) is 0 Å².